The van der Waals surface area contributed by atoms with Gasteiger partial charge in [0.05, 0.1) is 20.9 Å². The van der Waals surface area contributed by atoms with Crippen molar-refractivity contribution in [2.75, 3.05) is 10.6 Å². The van der Waals surface area contributed by atoms with Crippen molar-refractivity contribution in [2.45, 2.75) is 12.3 Å². The van der Waals surface area contributed by atoms with E-state index in [9.17, 15) is 20.2 Å². The van der Waals surface area contributed by atoms with Crippen molar-refractivity contribution < 1.29 is 9.85 Å². The lowest BCUT2D eigenvalue weighted by molar-refractivity contribution is -0.385. The summed E-state index contributed by atoms with van der Waals surface area (Å²) in [5.74, 6) is 0. The van der Waals surface area contributed by atoms with Crippen LogP contribution in [0.4, 0.5) is 22.7 Å². The van der Waals surface area contributed by atoms with E-state index >= 15 is 0 Å². The van der Waals surface area contributed by atoms with Gasteiger partial charge in [-0.3, -0.25) is 20.2 Å². The number of hydrogen-bond acceptors (Lipinski definition) is 10. The highest BCUT2D eigenvalue weighted by Gasteiger charge is 2.30. The monoisotopic (exact) mass is 536 g/mol. The minimum Gasteiger partial charge on any atom is -0.360 e. The molecule has 14 nitrogen and oxygen atoms in total. The highest BCUT2D eigenvalue weighted by atomic mass is 16.6. The molecule has 2 aromatic heterocycles. The summed E-state index contributed by atoms with van der Waals surface area (Å²) in [5, 5.41) is 46.8. The van der Waals surface area contributed by atoms with Crippen LogP contribution in [0.1, 0.15) is 12.3 Å². The molecule has 0 spiro atoms. The lowest BCUT2D eigenvalue weighted by Gasteiger charge is -2.31. The lowest BCUT2D eigenvalue weighted by Crippen LogP contribution is -2.35. The number of hydrogen-bond donors (Lipinski definition) is 2. The molecule has 0 radical (unpaired) electrons. The number of aromatic nitrogens is 6. The minimum absolute atomic E-state index is 0.0452. The van der Waals surface area contributed by atoms with E-state index in [0.717, 1.165) is 11.0 Å². The Morgan fingerprint density at radius 1 is 0.575 bits per heavy atom. The molecule has 4 aromatic carbocycles. The van der Waals surface area contributed by atoms with Crippen molar-refractivity contribution in [3.8, 4) is 0 Å². The van der Waals surface area contributed by atoms with Crippen LogP contribution in [0.2, 0.25) is 0 Å². The third-order valence-electron chi connectivity index (χ3n) is 6.37. The smallest absolute Gasteiger partial charge is 0.269 e. The van der Waals surface area contributed by atoms with Gasteiger partial charge in [-0.2, -0.15) is 0 Å². The number of nitro benzene ring substituents is 2. The molecule has 0 saturated heterocycles. The maximum Gasteiger partial charge on any atom is 0.269 e. The van der Waals surface area contributed by atoms with Crippen LogP contribution < -0.4 is 10.6 Å². The molecule has 0 saturated carbocycles. The number of fused-ring (bicyclic) bond motifs is 2. The third kappa shape index (κ3) is 4.60. The second kappa shape index (κ2) is 10.1. The molecule has 0 unspecified atom stereocenters. The third-order valence-corrected chi connectivity index (χ3v) is 6.37. The molecule has 0 fully saturated rings. The molecule has 0 aliphatic rings. The maximum absolute atomic E-state index is 11.2. The highest BCUT2D eigenvalue weighted by molar-refractivity contribution is 5.75. The molecule has 0 amide bonds. The maximum atomic E-state index is 11.2. The van der Waals surface area contributed by atoms with E-state index in [2.05, 4.69) is 31.3 Å². The van der Waals surface area contributed by atoms with Crippen molar-refractivity contribution in [3.63, 3.8) is 0 Å². The Kier molecular flexibility index (Phi) is 6.16. The summed E-state index contributed by atoms with van der Waals surface area (Å²) in [6.07, 6.45) is -1.43. The van der Waals surface area contributed by atoms with Crippen LogP contribution in [0.3, 0.4) is 0 Å². The normalized spacial score (nSPS) is 12.7. The standard InChI is InChI=1S/C26H20N10O4/c37-35(38)19-13-9-17(10-14-19)27-25(33-23-7-3-1-5-21(23)29-31-33)26(28-18-11-15-20(16-12-18)36(39)40)34-24-8-4-2-6-22(24)30-32-34/h1-16,25-28H/t25-,26+. The van der Waals surface area contributed by atoms with Crippen LogP contribution in [-0.2, 0) is 0 Å². The van der Waals surface area contributed by atoms with Crippen LogP contribution in [0.15, 0.2) is 97.1 Å². The first-order valence-corrected chi connectivity index (χ1v) is 12.1. The fourth-order valence-corrected chi connectivity index (χ4v) is 4.43. The van der Waals surface area contributed by atoms with Gasteiger partial charge in [-0.25, -0.2) is 9.36 Å². The Bertz CT molecular complexity index is 1700. The predicted octanol–water partition coefficient (Wildman–Crippen LogP) is 4.91. The van der Waals surface area contributed by atoms with Gasteiger partial charge in [-0.15, -0.1) is 10.2 Å². The zero-order chi connectivity index (χ0) is 27.6. The number of nitro groups is 2. The number of benzene rings is 4. The van der Waals surface area contributed by atoms with E-state index in [4.69, 9.17) is 0 Å². The summed E-state index contributed by atoms with van der Waals surface area (Å²) in [6.45, 7) is 0. The fourth-order valence-electron chi connectivity index (χ4n) is 4.43. The largest absolute Gasteiger partial charge is 0.360 e. The van der Waals surface area contributed by atoms with Gasteiger partial charge in [0.2, 0.25) is 0 Å². The summed E-state index contributed by atoms with van der Waals surface area (Å²) in [7, 11) is 0. The fraction of sp³-hybridized carbons (Fsp3) is 0.0769. The zero-order valence-corrected chi connectivity index (χ0v) is 20.6. The Hall–Kier alpha value is -5.92. The van der Waals surface area contributed by atoms with Gasteiger partial charge in [-0.05, 0) is 48.5 Å². The number of para-hydroxylation sites is 2. The second-order valence-corrected chi connectivity index (χ2v) is 8.83. The molecular weight excluding hydrogens is 516 g/mol. The van der Waals surface area contributed by atoms with Crippen molar-refractivity contribution in [2.24, 2.45) is 0 Å². The van der Waals surface area contributed by atoms with Gasteiger partial charge in [-0.1, -0.05) is 34.7 Å². The first-order valence-electron chi connectivity index (χ1n) is 12.1. The quantitative estimate of drug-likeness (QED) is 0.191. The number of rotatable bonds is 9. The minimum atomic E-state index is -0.714. The van der Waals surface area contributed by atoms with E-state index in [1.54, 1.807) is 33.6 Å². The average Bonchev–Trinajstić information content (AvgIpc) is 3.60. The summed E-state index contributed by atoms with van der Waals surface area (Å²) < 4.78 is 3.38. The van der Waals surface area contributed by atoms with Gasteiger partial charge in [0, 0.05) is 35.6 Å². The summed E-state index contributed by atoms with van der Waals surface area (Å²) >= 11 is 0. The molecule has 0 aliphatic carbocycles. The molecule has 198 valence electrons. The molecule has 14 heteroatoms. The topological polar surface area (TPSA) is 172 Å². The van der Waals surface area contributed by atoms with E-state index in [-0.39, 0.29) is 11.4 Å². The van der Waals surface area contributed by atoms with Crippen LogP contribution in [0.25, 0.3) is 22.1 Å². The number of non-ortho nitro benzene ring substituents is 2. The van der Waals surface area contributed by atoms with Crippen LogP contribution in [-0.4, -0.2) is 39.8 Å². The molecule has 2 atom stereocenters. The Labute approximate surface area is 225 Å². The lowest BCUT2D eigenvalue weighted by atomic mass is 10.2. The van der Waals surface area contributed by atoms with Crippen molar-refractivity contribution >= 4 is 44.8 Å². The van der Waals surface area contributed by atoms with E-state index in [1.165, 1.54) is 24.3 Å². The molecule has 6 aromatic rings. The molecule has 6 rings (SSSR count). The van der Waals surface area contributed by atoms with Gasteiger partial charge in [0.15, 0.2) is 12.3 Å². The zero-order valence-electron chi connectivity index (χ0n) is 20.6. The van der Waals surface area contributed by atoms with Crippen molar-refractivity contribution in [1.29, 1.82) is 0 Å². The summed E-state index contributed by atoms with van der Waals surface area (Å²) in [5.41, 5.74) is 3.84. The Morgan fingerprint density at radius 3 is 1.32 bits per heavy atom. The van der Waals surface area contributed by atoms with Gasteiger partial charge < -0.3 is 10.6 Å². The SMILES string of the molecule is O=[N+]([O-])c1ccc(N[C@H]([C@H](Nc2ccc([N+](=O)[O-])cc2)n2nnc3ccccc32)n2nnc3ccccc32)cc1. The first kappa shape index (κ1) is 24.4. The number of nitrogens with one attached hydrogen (secondary N) is 2. The molecule has 40 heavy (non-hydrogen) atoms. The van der Waals surface area contributed by atoms with Gasteiger partial charge in [0.1, 0.15) is 11.0 Å². The molecule has 0 aliphatic heterocycles. The van der Waals surface area contributed by atoms with Crippen LogP contribution in [0.5, 0.6) is 0 Å². The number of anilines is 2. The van der Waals surface area contributed by atoms with Gasteiger partial charge >= 0.3 is 0 Å². The Morgan fingerprint density at radius 2 is 0.950 bits per heavy atom. The van der Waals surface area contributed by atoms with Crippen LogP contribution >= 0.6 is 0 Å². The van der Waals surface area contributed by atoms with E-state index < -0.39 is 22.2 Å². The van der Waals surface area contributed by atoms with Crippen LogP contribution in [0, 0.1) is 20.2 Å². The van der Waals surface area contributed by atoms with Crippen molar-refractivity contribution in [3.05, 3.63) is 117 Å². The molecule has 2 heterocycles. The molecular formula is C26H20N10O4. The second-order valence-electron chi connectivity index (χ2n) is 8.83. The average molecular weight is 537 g/mol. The first-order chi connectivity index (χ1) is 19.5. The Balaban J connectivity index is 1.50. The van der Waals surface area contributed by atoms with E-state index in [0.29, 0.717) is 22.4 Å². The van der Waals surface area contributed by atoms with E-state index in [1.807, 2.05) is 48.5 Å². The predicted molar refractivity (Wildman–Crippen MR) is 147 cm³/mol. The summed E-state index contributed by atoms with van der Waals surface area (Å²) in [4.78, 5) is 21.5. The molecule has 2 N–H and O–H groups in total. The van der Waals surface area contributed by atoms with Gasteiger partial charge in [0.25, 0.3) is 11.4 Å². The molecule has 0 bridgehead atoms. The summed E-state index contributed by atoms with van der Waals surface area (Å²) in [6, 6.07) is 26.9. The highest BCUT2D eigenvalue weighted by Crippen LogP contribution is 2.32. The number of nitrogens with zero attached hydrogens (tertiary/aromatic N) is 8. The van der Waals surface area contributed by atoms with Crippen molar-refractivity contribution in [1.82, 2.24) is 30.0 Å².